The summed E-state index contributed by atoms with van der Waals surface area (Å²) in [5, 5.41) is 10.7. The maximum atomic E-state index is 12.7. The van der Waals surface area contributed by atoms with Gasteiger partial charge in [0.15, 0.2) is 0 Å². The molecule has 0 N–H and O–H groups in total. The standard InChI is InChI=1S/C16H22N4O5S/c21-16(17-8-2-1-3-9-17)18-10-12-19(13-11-18)26(24,25)15-6-4-14(5-7-15)20(22)23/h4-7H,1-3,8-13H2. The predicted octanol–water partition coefficient (Wildman–Crippen LogP) is 1.51. The van der Waals surface area contributed by atoms with Crippen LogP contribution in [0, 0.1) is 10.1 Å². The Kier molecular flexibility index (Phi) is 5.42. The zero-order chi connectivity index (χ0) is 18.7. The Morgan fingerprint density at radius 2 is 1.42 bits per heavy atom. The quantitative estimate of drug-likeness (QED) is 0.582. The maximum absolute atomic E-state index is 12.7. The molecular weight excluding hydrogens is 360 g/mol. The first-order valence-electron chi connectivity index (χ1n) is 8.68. The largest absolute Gasteiger partial charge is 0.325 e. The number of nitro benzene ring substituents is 1. The van der Waals surface area contributed by atoms with Gasteiger partial charge >= 0.3 is 6.03 Å². The number of non-ortho nitro benzene ring substituents is 1. The molecule has 0 spiro atoms. The fourth-order valence-electron chi connectivity index (χ4n) is 3.29. The molecule has 2 saturated heterocycles. The van der Waals surface area contributed by atoms with Crippen molar-refractivity contribution in [3.8, 4) is 0 Å². The SMILES string of the molecule is O=C(N1CCCCC1)N1CCN(S(=O)(=O)c2ccc([N+](=O)[O-])cc2)CC1. The van der Waals surface area contributed by atoms with Gasteiger partial charge in [-0.25, -0.2) is 13.2 Å². The number of rotatable bonds is 3. The average Bonchev–Trinajstić information content (AvgIpc) is 2.68. The summed E-state index contributed by atoms with van der Waals surface area (Å²) in [6.45, 7) is 2.67. The van der Waals surface area contributed by atoms with Gasteiger partial charge < -0.3 is 9.80 Å². The minimum Gasteiger partial charge on any atom is -0.325 e. The molecule has 0 unspecified atom stereocenters. The van der Waals surface area contributed by atoms with E-state index in [-0.39, 0.29) is 29.7 Å². The summed E-state index contributed by atoms with van der Waals surface area (Å²) in [4.78, 5) is 26.2. The summed E-state index contributed by atoms with van der Waals surface area (Å²) in [5.41, 5.74) is -0.152. The van der Waals surface area contributed by atoms with E-state index in [0.29, 0.717) is 13.1 Å². The van der Waals surface area contributed by atoms with Crippen LogP contribution in [0.3, 0.4) is 0 Å². The van der Waals surface area contributed by atoms with Crippen LogP contribution < -0.4 is 0 Å². The van der Waals surface area contributed by atoms with Gasteiger partial charge in [0.1, 0.15) is 0 Å². The fraction of sp³-hybridized carbons (Fsp3) is 0.562. The number of carbonyl (C=O) groups is 1. The van der Waals surface area contributed by atoms with Crippen LogP contribution in [0.25, 0.3) is 0 Å². The molecule has 0 saturated carbocycles. The van der Waals surface area contributed by atoms with E-state index in [9.17, 15) is 23.3 Å². The van der Waals surface area contributed by atoms with Crippen LogP contribution in [0.2, 0.25) is 0 Å². The van der Waals surface area contributed by atoms with Crippen molar-refractivity contribution in [2.45, 2.75) is 24.2 Å². The van der Waals surface area contributed by atoms with E-state index in [0.717, 1.165) is 32.4 Å². The molecule has 2 aliphatic rings. The van der Waals surface area contributed by atoms with Crippen LogP contribution >= 0.6 is 0 Å². The fourth-order valence-corrected chi connectivity index (χ4v) is 4.72. The molecule has 2 amide bonds. The van der Waals surface area contributed by atoms with Gasteiger partial charge in [-0.3, -0.25) is 10.1 Å². The van der Waals surface area contributed by atoms with Crippen LogP contribution in [-0.4, -0.2) is 72.7 Å². The zero-order valence-electron chi connectivity index (χ0n) is 14.4. The highest BCUT2D eigenvalue weighted by molar-refractivity contribution is 7.89. The topological polar surface area (TPSA) is 104 Å². The molecule has 0 atom stereocenters. The van der Waals surface area contributed by atoms with Gasteiger partial charge in [0, 0.05) is 51.4 Å². The van der Waals surface area contributed by atoms with E-state index in [1.165, 1.54) is 28.6 Å². The molecule has 142 valence electrons. The zero-order valence-corrected chi connectivity index (χ0v) is 15.2. The number of hydrogen-bond donors (Lipinski definition) is 0. The van der Waals surface area contributed by atoms with Crippen molar-refractivity contribution < 1.29 is 18.1 Å². The summed E-state index contributed by atoms with van der Waals surface area (Å²) in [7, 11) is -3.72. The molecule has 0 aromatic heterocycles. The number of nitrogens with zero attached hydrogens (tertiary/aromatic N) is 4. The smallest absolute Gasteiger partial charge is 0.320 e. The Labute approximate surface area is 152 Å². The number of benzene rings is 1. The highest BCUT2D eigenvalue weighted by atomic mass is 32.2. The van der Waals surface area contributed by atoms with Crippen molar-refractivity contribution in [2.24, 2.45) is 0 Å². The van der Waals surface area contributed by atoms with Gasteiger partial charge in [-0.05, 0) is 31.4 Å². The molecule has 0 aliphatic carbocycles. The molecule has 2 fully saturated rings. The molecule has 0 bridgehead atoms. The van der Waals surface area contributed by atoms with Crippen LogP contribution in [0.5, 0.6) is 0 Å². The van der Waals surface area contributed by atoms with Gasteiger partial charge in [-0.15, -0.1) is 0 Å². The van der Waals surface area contributed by atoms with Gasteiger partial charge in [0.25, 0.3) is 5.69 Å². The lowest BCUT2D eigenvalue weighted by molar-refractivity contribution is -0.384. The average molecular weight is 382 g/mol. The van der Waals surface area contributed by atoms with Crippen LogP contribution in [0.1, 0.15) is 19.3 Å². The molecule has 1 aromatic carbocycles. The number of carbonyl (C=O) groups excluding carboxylic acids is 1. The Morgan fingerprint density at radius 3 is 1.96 bits per heavy atom. The van der Waals surface area contributed by atoms with E-state index in [1.54, 1.807) is 4.90 Å². The van der Waals surface area contributed by atoms with Gasteiger partial charge in [-0.1, -0.05) is 0 Å². The van der Waals surface area contributed by atoms with Gasteiger partial charge in [0.2, 0.25) is 10.0 Å². The van der Waals surface area contributed by atoms with Crippen molar-refractivity contribution >= 4 is 21.7 Å². The first kappa shape index (κ1) is 18.6. The van der Waals surface area contributed by atoms with Gasteiger partial charge in [0.05, 0.1) is 9.82 Å². The number of nitro groups is 1. The molecule has 9 nitrogen and oxygen atoms in total. The highest BCUT2D eigenvalue weighted by Gasteiger charge is 2.32. The number of likely N-dealkylation sites (tertiary alicyclic amines) is 1. The number of urea groups is 1. The second-order valence-corrected chi connectivity index (χ2v) is 8.41. The summed E-state index contributed by atoms with van der Waals surface area (Å²) in [5.74, 6) is 0. The summed E-state index contributed by atoms with van der Waals surface area (Å²) >= 11 is 0. The summed E-state index contributed by atoms with van der Waals surface area (Å²) < 4.78 is 26.7. The maximum Gasteiger partial charge on any atom is 0.320 e. The second kappa shape index (κ2) is 7.58. The van der Waals surface area contributed by atoms with Crippen molar-refractivity contribution in [2.75, 3.05) is 39.3 Å². The third kappa shape index (κ3) is 3.80. The van der Waals surface area contributed by atoms with Crippen LogP contribution in [0.4, 0.5) is 10.5 Å². The monoisotopic (exact) mass is 382 g/mol. The molecule has 3 rings (SSSR count). The Morgan fingerprint density at radius 1 is 0.885 bits per heavy atom. The number of hydrogen-bond acceptors (Lipinski definition) is 5. The number of sulfonamides is 1. The van der Waals surface area contributed by atoms with Crippen molar-refractivity contribution in [3.05, 3.63) is 34.4 Å². The lowest BCUT2D eigenvalue weighted by Crippen LogP contribution is -2.54. The van der Waals surface area contributed by atoms with E-state index in [1.807, 2.05) is 4.90 Å². The Hall–Kier alpha value is -2.20. The van der Waals surface area contributed by atoms with E-state index in [4.69, 9.17) is 0 Å². The molecule has 1 aromatic rings. The number of piperidine rings is 1. The second-order valence-electron chi connectivity index (χ2n) is 6.47. The minimum atomic E-state index is -3.72. The predicted molar refractivity (Wildman–Crippen MR) is 94.2 cm³/mol. The first-order chi connectivity index (χ1) is 12.4. The molecular formula is C16H22N4O5S. The highest BCUT2D eigenvalue weighted by Crippen LogP contribution is 2.21. The van der Waals surface area contributed by atoms with E-state index in [2.05, 4.69) is 0 Å². The number of amides is 2. The normalized spacial score (nSPS) is 19.4. The Balaban J connectivity index is 1.63. The van der Waals surface area contributed by atoms with E-state index >= 15 is 0 Å². The van der Waals surface area contributed by atoms with E-state index < -0.39 is 14.9 Å². The minimum absolute atomic E-state index is 0.0166. The molecule has 0 radical (unpaired) electrons. The van der Waals surface area contributed by atoms with Crippen molar-refractivity contribution in [3.63, 3.8) is 0 Å². The van der Waals surface area contributed by atoms with Crippen molar-refractivity contribution in [1.82, 2.24) is 14.1 Å². The molecule has 2 aliphatic heterocycles. The van der Waals surface area contributed by atoms with Crippen molar-refractivity contribution in [1.29, 1.82) is 0 Å². The van der Waals surface area contributed by atoms with Gasteiger partial charge in [-0.2, -0.15) is 4.31 Å². The van der Waals surface area contributed by atoms with Crippen LogP contribution in [0.15, 0.2) is 29.2 Å². The first-order valence-corrected chi connectivity index (χ1v) is 10.1. The lowest BCUT2D eigenvalue weighted by Gasteiger charge is -2.38. The third-order valence-electron chi connectivity index (χ3n) is 4.82. The molecule has 2 heterocycles. The van der Waals surface area contributed by atoms with Crippen LogP contribution in [-0.2, 0) is 10.0 Å². The lowest BCUT2D eigenvalue weighted by atomic mass is 10.1. The Bertz CT molecular complexity index is 766. The summed E-state index contributed by atoms with van der Waals surface area (Å²) in [6.07, 6.45) is 3.17. The summed E-state index contributed by atoms with van der Waals surface area (Å²) in [6, 6.07) is 4.85. The number of piperazine rings is 1. The molecule has 26 heavy (non-hydrogen) atoms. The third-order valence-corrected chi connectivity index (χ3v) is 6.73. The molecule has 10 heteroatoms.